The van der Waals surface area contributed by atoms with Gasteiger partial charge in [-0.2, -0.15) is 0 Å². The second-order valence-corrected chi connectivity index (χ2v) is 8.87. The van der Waals surface area contributed by atoms with Crippen molar-refractivity contribution >= 4 is 18.0 Å². The van der Waals surface area contributed by atoms with Crippen LogP contribution in [0.4, 0.5) is 4.79 Å². The van der Waals surface area contributed by atoms with Crippen LogP contribution in [0.3, 0.4) is 0 Å². The predicted octanol–water partition coefficient (Wildman–Crippen LogP) is 3.70. The maximum Gasteiger partial charge on any atom is 0.407 e. The van der Waals surface area contributed by atoms with E-state index in [0.29, 0.717) is 19.3 Å². The maximum absolute atomic E-state index is 12.6. The number of benzene rings is 2. The van der Waals surface area contributed by atoms with E-state index >= 15 is 0 Å². The Balaban J connectivity index is 1.16. The molecule has 0 spiro atoms. The van der Waals surface area contributed by atoms with Crippen molar-refractivity contribution in [2.75, 3.05) is 6.61 Å². The predicted molar refractivity (Wildman–Crippen MR) is 125 cm³/mol. The lowest BCUT2D eigenvalue weighted by atomic mass is 9.98. The van der Waals surface area contributed by atoms with Crippen molar-refractivity contribution in [3.05, 3.63) is 77.2 Å². The number of aliphatic carboxylic acids is 1. The summed E-state index contributed by atoms with van der Waals surface area (Å²) >= 11 is 0. The van der Waals surface area contributed by atoms with Gasteiger partial charge < -0.3 is 25.0 Å². The highest BCUT2D eigenvalue weighted by molar-refractivity contribution is 5.95. The summed E-state index contributed by atoms with van der Waals surface area (Å²) < 4.78 is 10.5. The fourth-order valence-corrected chi connectivity index (χ4v) is 4.98. The van der Waals surface area contributed by atoms with Crippen LogP contribution in [0.1, 0.15) is 52.4 Å². The molecule has 0 radical (unpaired) electrons. The number of rotatable bonds is 7. The van der Waals surface area contributed by atoms with Gasteiger partial charge in [-0.05, 0) is 41.5 Å². The molecule has 9 nitrogen and oxygen atoms in total. The first-order valence-corrected chi connectivity index (χ1v) is 11.6. The molecule has 180 valence electrons. The normalized spacial score (nSPS) is 18.5. The molecular weight excluding hydrogens is 450 g/mol. The Bertz CT molecular complexity index is 1220. The summed E-state index contributed by atoms with van der Waals surface area (Å²) in [7, 11) is 0. The molecule has 3 aromatic rings. The highest BCUT2D eigenvalue weighted by atomic mass is 16.5. The van der Waals surface area contributed by atoms with Gasteiger partial charge in [0.1, 0.15) is 24.1 Å². The number of carboxylic acid groups (broad SMARTS) is 1. The van der Waals surface area contributed by atoms with E-state index in [4.69, 9.17) is 14.4 Å². The van der Waals surface area contributed by atoms with Crippen LogP contribution < -0.4 is 10.6 Å². The van der Waals surface area contributed by atoms with Crippen molar-refractivity contribution in [2.45, 2.75) is 37.8 Å². The van der Waals surface area contributed by atoms with E-state index in [1.165, 1.54) is 6.26 Å². The Kier molecular flexibility index (Phi) is 6.22. The molecule has 35 heavy (non-hydrogen) atoms. The largest absolute Gasteiger partial charge is 0.481 e. The Morgan fingerprint density at radius 2 is 1.71 bits per heavy atom. The van der Waals surface area contributed by atoms with E-state index in [2.05, 4.69) is 27.9 Å². The smallest absolute Gasteiger partial charge is 0.407 e. The molecule has 1 fully saturated rings. The van der Waals surface area contributed by atoms with Crippen molar-refractivity contribution in [1.29, 1.82) is 0 Å². The number of nitrogens with one attached hydrogen (secondary N) is 2. The van der Waals surface area contributed by atoms with Gasteiger partial charge in [0.25, 0.3) is 5.91 Å². The standard InChI is InChI=1S/C26H25N3O6/c30-24(28-16-10-9-15(11-16)25(31)32)22-14-35-29-23(22)12-27-26(33)34-13-21-19-7-3-1-5-17(19)18-6-2-4-8-20(18)21/h1-8,14-16,21H,9-13H2,(H,27,33)(H,28,30)(H,31,32). The highest BCUT2D eigenvalue weighted by Gasteiger charge is 2.32. The first-order valence-electron chi connectivity index (χ1n) is 11.6. The minimum absolute atomic E-state index is 0.0433. The molecule has 0 saturated heterocycles. The van der Waals surface area contributed by atoms with Gasteiger partial charge in [-0.1, -0.05) is 53.7 Å². The van der Waals surface area contributed by atoms with Crippen LogP contribution in [0, 0.1) is 5.92 Å². The van der Waals surface area contributed by atoms with Crippen LogP contribution in [0.15, 0.2) is 59.3 Å². The van der Waals surface area contributed by atoms with Crippen molar-refractivity contribution in [1.82, 2.24) is 15.8 Å². The van der Waals surface area contributed by atoms with Crippen molar-refractivity contribution in [3.63, 3.8) is 0 Å². The van der Waals surface area contributed by atoms with E-state index < -0.39 is 23.9 Å². The van der Waals surface area contributed by atoms with Crippen LogP contribution in [0.25, 0.3) is 11.1 Å². The molecule has 2 amide bonds. The third kappa shape index (κ3) is 4.62. The monoisotopic (exact) mass is 475 g/mol. The molecule has 0 bridgehead atoms. The summed E-state index contributed by atoms with van der Waals surface area (Å²) in [6, 6.07) is 15.9. The number of aromatic nitrogens is 1. The number of carbonyl (C=O) groups is 3. The van der Waals surface area contributed by atoms with Crippen molar-refractivity contribution < 1.29 is 28.8 Å². The van der Waals surface area contributed by atoms with E-state index in [0.717, 1.165) is 22.3 Å². The van der Waals surface area contributed by atoms with E-state index in [1.54, 1.807) is 0 Å². The Hall–Kier alpha value is -4.14. The zero-order chi connectivity index (χ0) is 24.4. The van der Waals surface area contributed by atoms with Gasteiger partial charge in [-0.25, -0.2) is 4.79 Å². The first-order chi connectivity index (χ1) is 17.0. The lowest BCUT2D eigenvalue weighted by Crippen LogP contribution is -2.34. The summed E-state index contributed by atoms with van der Waals surface area (Å²) in [5.41, 5.74) is 4.99. The number of carbonyl (C=O) groups excluding carboxylic acids is 2. The molecule has 2 unspecified atom stereocenters. The first kappa shape index (κ1) is 22.6. The van der Waals surface area contributed by atoms with Crippen LogP contribution in [-0.4, -0.2) is 40.9 Å². The zero-order valence-corrected chi connectivity index (χ0v) is 18.9. The third-order valence-electron chi connectivity index (χ3n) is 6.75. The quantitative estimate of drug-likeness (QED) is 0.475. The van der Waals surface area contributed by atoms with Gasteiger partial charge in [0.05, 0.1) is 12.5 Å². The van der Waals surface area contributed by atoms with Crippen molar-refractivity contribution in [2.24, 2.45) is 5.92 Å². The number of carboxylic acids is 1. The average molecular weight is 476 g/mol. The SMILES string of the molecule is O=C(NCc1nocc1C(=O)NC1CCC(C(=O)O)C1)OCC1c2ccccc2-c2ccccc21. The summed E-state index contributed by atoms with van der Waals surface area (Å²) in [6.45, 7) is 0.136. The van der Waals surface area contributed by atoms with Crippen molar-refractivity contribution in [3.8, 4) is 11.1 Å². The fourth-order valence-electron chi connectivity index (χ4n) is 4.98. The molecule has 1 saturated carbocycles. The molecule has 2 aliphatic rings. The molecule has 1 aromatic heterocycles. The summed E-state index contributed by atoms with van der Waals surface area (Å²) in [5, 5.41) is 18.4. The maximum atomic E-state index is 12.6. The average Bonchev–Trinajstić information content (AvgIpc) is 3.59. The highest BCUT2D eigenvalue weighted by Crippen LogP contribution is 2.44. The number of alkyl carbamates (subject to hydrolysis) is 1. The number of fused-ring (bicyclic) bond motifs is 3. The van der Waals surface area contributed by atoms with Gasteiger partial charge in [0.15, 0.2) is 0 Å². The summed E-state index contributed by atoms with van der Waals surface area (Å²) in [4.78, 5) is 36.2. The fraction of sp³-hybridized carbons (Fsp3) is 0.308. The van der Waals surface area contributed by atoms with Gasteiger partial charge in [0.2, 0.25) is 0 Å². The summed E-state index contributed by atoms with van der Waals surface area (Å²) in [6.07, 6.45) is 2.11. The second kappa shape index (κ2) is 9.61. The van der Waals surface area contributed by atoms with Gasteiger partial charge in [0, 0.05) is 12.0 Å². The molecule has 5 rings (SSSR count). The minimum Gasteiger partial charge on any atom is -0.481 e. The molecule has 2 aliphatic carbocycles. The molecular formula is C26H25N3O6. The van der Waals surface area contributed by atoms with Crippen LogP contribution >= 0.6 is 0 Å². The molecule has 2 aromatic carbocycles. The molecule has 3 N–H and O–H groups in total. The zero-order valence-electron chi connectivity index (χ0n) is 18.9. The third-order valence-corrected chi connectivity index (χ3v) is 6.75. The number of ether oxygens (including phenoxy) is 1. The van der Waals surface area contributed by atoms with Gasteiger partial charge >= 0.3 is 12.1 Å². The Labute approximate surface area is 201 Å². The van der Waals surface area contributed by atoms with Gasteiger partial charge in [-0.15, -0.1) is 0 Å². The molecule has 9 heteroatoms. The van der Waals surface area contributed by atoms with Crippen LogP contribution in [0.5, 0.6) is 0 Å². The van der Waals surface area contributed by atoms with E-state index in [1.807, 2.05) is 36.4 Å². The molecule has 0 aliphatic heterocycles. The topological polar surface area (TPSA) is 131 Å². The minimum atomic E-state index is -0.847. The van der Waals surface area contributed by atoms with E-state index in [-0.39, 0.29) is 36.4 Å². The molecule has 1 heterocycles. The second-order valence-electron chi connectivity index (χ2n) is 8.87. The lowest BCUT2D eigenvalue weighted by Gasteiger charge is -2.14. The Morgan fingerprint density at radius 1 is 1.03 bits per heavy atom. The summed E-state index contributed by atoms with van der Waals surface area (Å²) in [5.74, 6) is -1.76. The Morgan fingerprint density at radius 3 is 2.37 bits per heavy atom. The van der Waals surface area contributed by atoms with E-state index in [9.17, 15) is 14.4 Å². The van der Waals surface area contributed by atoms with Gasteiger partial charge in [-0.3, -0.25) is 9.59 Å². The van der Waals surface area contributed by atoms with Crippen LogP contribution in [-0.2, 0) is 16.1 Å². The number of nitrogens with zero attached hydrogens (tertiary/aromatic N) is 1. The lowest BCUT2D eigenvalue weighted by molar-refractivity contribution is -0.141. The number of amides is 2. The number of hydrogen-bond donors (Lipinski definition) is 3. The number of hydrogen-bond acceptors (Lipinski definition) is 6. The molecule has 2 atom stereocenters. The van der Waals surface area contributed by atoms with Crippen LogP contribution in [0.2, 0.25) is 0 Å².